The Balaban J connectivity index is 1.72. The van der Waals surface area contributed by atoms with Gasteiger partial charge in [0.2, 0.25) is 0 Å². The summed E-state index contributed by atoms with van der Waals surface area (Å²) >= 11 is 0. The Labute approximate surface area is 120 Å². The van der Waals surface area contributed by atoms with Crippen LogP contribution in [0.25, 0.3) is 0 Å². The van der Waals surface area contributed by atoms with Crippen molar-refractivity contribution in [1.29, 1.82) is 0 Å². The summed E-state index contributed by atoms with van der Waals surface area (Å²) in [4.78, 5) is 0. The molecule has 2 aromatic carbocycles. The van der Waals surface area contributed by atoms with E-state index in [1.54, 1.807) is 6.07 Å². The van der Waals surface area contributed by atoms with E-state index in [4.69, 9.17) is 0 Å². The van der Waals surface area contributed by atoms with E-state index in [9.17, 15) is 5.11 Å². The van der Waals surface area contributed by atoms with E-state index < -0.39 is 0 Å². The Morgan fingerprint density at radius 1 is 1.10 bits per heavy atom. The van der Waals surface area contributed by atoms with Crippen LogP contribution in [0.2, 0.25) is 0 Å². The second-order valence-corrected chi connectivity index (χ2v) is 5.82. The van der Waals surface area contributed by atoms with Gasteiger partial charge in [0.1, 0.15) is 5.75 Å². The quantitative estimate of drug-likeness (QED) is 0.892. The number of fused-ring (bicyclic) bond motifs is 1. The van der Waals surface area contributed by atoms with Crippen LogP contribution in [-0.2, 0) is 12.8 Å². The van der Waals surface area contributed by atoms with Gasteiger partial charge in [-0.2, -0.15) is 0 Å². The molecule has 1 aliphatic carbocycles. The highest BCUT2D eigenvalue weighted by molar-refractivity contribution is 5.38. The van der Waals surface area contributed by atoms with Crippen LogP contribution in [0.15, 0.2) is 42.5 Å². The highest BCUT2D eigenvalue weighted by Gasteiger charge is 2.23. The molecule has 1 unspecified atom stereocenters. The molecule has 1 aliphatic rings. The van der Waals surface area contributed by atoms with Crippen LogP contribution in [0.5, 0.6) is 5.75 Å². The average molecular weight is 267 g/mol. The van der Waals surface area contributed by atoms with E-state index in [2.05, 4.69) is 49.5 Å². The molecule has 20 heavy (non-hydrogen) atoms. The maximum atomic E-state index is 10.0. The lowest BCUT2D eigenvalue weighted by atomic mass is 10.0. The van der Waals surface area contributed by atoms with Gasteiger partial charge in [0.05, 0.1) is 0 Å². The summed E-state index contributed by atoms with van der Waals surface area (Å²) in [5.41, 5.74) is 5.07. The molecule has 0 saturated heterocycles. The number of rotatable bonds is 3. The van der Waals surface area contributed by atoms with Crippen LogP contribution >= 0.6 is 0 Å². The zero-order valence-electron chi connectivity index (χ0n) is 12.1. The third-order valence-corrected chi connectivity index (χ3v) is 4.19. The minimum atomic E-state index is 0.161. The van der Waals surface area contributed by atoms with Crippen LogP contribution in [0.4, 0.5) is 0 Å². The fourth-order valence-electron chi connectivity index (χ4n) is 3.14. The number of benzene rings is 2. The molecule has 2 heteroatoms. The Kier molecular flexibility index (Phi) is 3.49. The van der Waals surface area contributed by atoms with Crippen LogP contribution in [-0.4, -0.2) is 11.1 Å². The molecule has 0 aromatic heterocycles. The predicted octanol–water partition coefficient (Wildman–Crippen LogP) is 3.52. The molecule has 0 radical (unpaired) electrons. The van der Waals surface area contributed by atoms with Crippen LogP contribution in [0.3, 0.4) is 0 Å². The number of aryl methyl sites for hydroxylation is 1. The lowest BCUT2D eigenvalue weighted by molar-refractivity contribution is 0.429. The van der Waals surface area contributed by atoms with E-state index >= 15 is 0 Å². The Hall–Kier alpha value is -1.80. The summed E-state index contributed by atoms with van der Waals surface area (Å²) in [6.45, 7) is 4.18. The van der Waals surface area contributed by atoms with E-state index in [1.807, 2.05) is 6.07 Å². The van der Waals surface area contributed by atoms with Gasteiger partial charge in [0.25, 0.3) is 0 Å². The summed E-state index contributed by atoms with van der Waals surface area (Å²) in [5, 5.41) is 13.7. The zero-order chi connectivity index (χ0) is 14.1. The van der Waals surface area contributed by atoms with Crippen molar-refractivity contribution in [3.8, 4) is 5.75 Å². The maximum absolute atomic E-state index is 10.0. The van der Waals surface area contributed by atoms with Crippen molar-refractivity contribution in [2.75, 3.05) is 0 Å². The Bertz CT molecular complexity index is 596. The standard InChI is InChI=1S/C18H21NO/c1-12-7-8-18(20)17(9-12)13(2)19-16-10-14-5-3-4-6-15(14)11-16/h3-9,13,16,19-20H,10-11H2,1-2H3. The molecule has 0 heterocycles. The molecule has 1 atom stereocenters. The van der Waals surface area contributed by atoms with Gasteiger partial charge in [0, 0.05) is 17.6 Å². The SMILES string of the molecule is Cc1ccc(O)c(C(C)NC2Cc3ccccc3C2)c1. The molecule has 3 rings (SSSR count). The van der Waals surface area contributed by atoms with Crippen LogP contribution in [0, 0.1) is 6.92 Å². The fourth-order valence-corrected chi connectivity index (χ4v) is 3.14. The van der Waals surface area contributed by atoms with Gasteiger partial charge in [-0.15, -0.1) is 0 Å². The Morgan fingerprint density at radius 3 is 2.40 bits per heavy atom. The first kappa shape index (κ1) is 13.2. The lowest BCUT2D eigenvalue weighted by Crippen LogP contribution is -2.32. The predicted molar refractivity (Wildman–Crippen MR) is 82.0 cm³/mol. The molecule has 0 fully saturated rings. The van der Waals surface area contributed by atoms with Gasteiger partial charge in [-0.25, -0.2) is 0 Å². The number of hydrogen-bond donors (Lipinski definition) is 2. The number of aromatic hydroxyl groups is 1. The zero-order valence-corrected chi connectivity index (χ0v) is 12.1. The smallest absolute Gasteiger partial charge is 0.120 e. The summed E-state index contributed by atoms with van der Waals surface area (Å²) in [7, 11) is 0. The summed E-state index contributed by atoms with van der Waals surface area (Å²) in [6, 6.07) is 15.1. The minimum absolute atomic E-state index is 0.161. The first-order valence-electron chi connectivity index (χ1n) is 7.26. The maximum Gasteiger partial charge on any atom is 0.120 e. The van der Waals surface area contributed by atoms with Crippen molar-refractivity contribution >= 4 is 0 Å². The van der Waals surface area contributed by atoms with Gasteiger partial charge in [-0.05, 0) is 43.9 Å². The lowest BCUT2D eigenvalue weighted by Gasteiger charge is -2.21. The largest absolute Gasteiger partial charge is 0.508 e. The van der Waals surface area contributed by atoms with Crippen molar-refractivity contribution in [1.82, 2.24) is 5.32 Å². The van der Waals surface area contributed by atoms with Crippen molar-refractivity contribution < 1.29 is 5.11 Å². The number of nitrogens with one attached hydrogen (secondary N) is 1. The van der Waals surface area contributed by atoms with Crippen molar-refractivity contribution in [3.63, 3.8) is 0 Å². The van der Waals surface area contributed by atoms with Crippen molar-refractivity contribution in [2.24, 2.45) is 0 Å². The molecule has 2 nitrogen and oxygen atoms in total. The molecule has 0 amide bonds. The normalized spacial score (nSPS) is 16.1. The highest BCUT2D eigenvalue weighted by Crippen LogP contribution is 2.28. The second kappa shape index (κ2) is 5.29. The van der Waals surface area contributed by atoms with E-state index in [0.29, 0.717) is 11.8 Å². The summed E-state index contributed by atoms with van der Waals surface area (Å²) in [6.07, 6.45) is 2.15. The van der Waals surface area contributed by atoms with Gasteiger partial charge in [-0.1, -0.05) is 42.0 Å². The Morgan fingerprint density at radius 2 is 1.75 bits per heavy atom. The molecule has 0 bridgehead atoms. The van der Waals surface area contributed by atoms with Crippen LogP contribution < -0.4 is 5.32 Å². The first-order valence-corrected chi connectivity index (χ1v) is 7.26. The molecule has 2 aromatic rings. The molecular formula is C18H21NO. The monoisotopic (exact) mass is 267 g/mol. The molecule has 2 N–H and O–H groups in total. The second-order valence-electron chi connectivity index (χ2n) is 5.82. The third-order valence-electron chi connectivity index (χ3n) is 4.19. The average Bonchev–Trinajstić information content (AvgIpc) is 2.83. The fraction of sp³-hybridized carbons (Fsp3) is 0.333. The van der Waals surface area contributed by atoms with Gasteiger partial charge in [0.15, 0.2) is 0 Å². The molecule has 0 spiro atoms. The van der Waals surface area contributed by atoms with Gasteiger partial charge in [-0.3, -0.25) is 0 Å². The summed E-state index contributed by atoms with van der Waals surface area (Å²) < 4.78 is 0. The van der Waals surface area contributed by atoms with E-state index in [1.165, 1.54) is 16.7 Å². The minimum Gasteiger partial charge on any atom is -0.508 e. The van der Waals surface area contributed by atoms with Gasteiger partial charge >= 0.3 is 0 Å². The summed E-state index contributed by atoms with van der Waals surface area (Å²) in [5.74, 6) is 0.381. The molecule has 0 saturated carbocycles. The molecule has 0 aliphatic heterocycles. The number of hydrogen-bond acceptors (Lipinski definition) is 2. The van der Waals surface area contributed by atoms with Crippen molar-refractivity contribution in [2.45, 2.75) is 38.8 Å². The number of phenolic OH excluding ortho intramolecular Hbond substituents is 1. The van der Waals surface area contributed by atoms with E-state index in [0.717, 1.165) is 18.4 Å². The van der Waals surface area contributed by atoms with Gasteiger partial charge < -0.3 is 10.4 Å². The molecule has 104 valence electrons. The van der Waals surface area contributed by atoms with E-state index in [-0.39, 0.29) is 6.04 Å². The van der Waals surface area contributed by atoms with Crippen LogP contribution in [0.1, 0.15) is 35.2 Å². The first-order chi connectivity index (χ1) is 9.63. The third kappa shape index (κ3) is 2.56. The molecular weight excluding hydrogens is 246 g/mol. The van der Waals surface area contributed by atoms with Crippen molar-refractivity contribution in [3.05, 3.63) is 64.7 Å². The number of phenols is 1. The highest BCUT2D eigenvalue weighted by atomic mass is 16.3. The topological polar surface area (TPSA) is 32.3 Å².